The Balaban J connectivity index is 1.37. The van der Waals surface area contributed by atoms with Gasteiger partial charge in [-0.05, 0) is 18.9 Å². The second-order valence-corrected chi connectivity index (χ2v) is 6.54. The zero-order valence-corrected chi connectivity index (χ0v) is 12.0. The Bertz CT molecular complexity index is 578. The third-order valence-electron chi connectivity index (χ3n) is 4.79. The van der Waals surface area contributed by atoms with E-state index in [1.54, 1.807) is 10.7 Å². The lowest BCUT2D eigenvalue weighted by Gasteiger charge is -2.43. The van der Waals surface area contributed by atoms with Crippen LogP contribution in [0.15, 0.2) is 16.9 Å². The van der Waals surface area contributed by atoms with Gasteiger partial charge in [0, 0.05) is 31.0 Å². The van der Waals surface area contributed by atoms with Crippen molar-refractivity contribution < 1.29 is 9.84 Å². The average molecular weight is 291 g/mol. The van der Waals surface area contributed by atoms with Gasteiger partial charge in [0.2, 0.25) is 0 Å². The molecule has 0 bridgehead atoms. The molecule has 0 radical (unpaired) electrons. The van der Waals surface area contributed by atoms with Gasteiger partial charge in [0.05, 0.1) is 37.6 Å². The van der Waals surface area contributed by atoms with Gasteiger partial charge in [0.1, 0.15) is 0 Å². The standard InChI is InChI=1S/C15H21N3O3/c19-14-9-21-8-13(14)17-5-10(6-17)7-18-15(20)4-3-12(16-18)11-1-2-11/h3-4,10-11,13-14,19H,1-2,5-9H2. The average Bonchev–Trinajstić information content (AvgIpc) is 3.19. The van der Waals surface area contributed by atoms with Gasteiger partial charge in [0.15, 0.2) is 0 Å². The van der Waals surface area contributed by atoms with Crippen LogP contribution in [0.25, 0.3) is 0 Å². The highest BCUT2D eigenvalue weighted by molar-refractivity contribution is 5.12. The normalized spacial score (nSPS) is 30.5. The predicted octanol–water partition coefficient (Wildman–Crippen LogP) is -0.188. The number of aliphatic hydroxyl groups excluding tert-OH is 1. The number of aromatic nitrogens is 2. The van der Waals surface area contributed by atoms with Gasteiger partial charge in [-0.1, -0.05) is 0 Å². The van der Waals surface area contributed by atoms with Crippen molar-refractivity contribution in [2.75, 3.05) is 26.3 Å². The zero-order valence-electron chi connectivity index (χ0n) is 12.0. The summed E-state index contributed by atoms with van der Waals surface area (Å²) in [6.07, 6.45) is 2.02. The first kappa shape index (κ1) is 13.4. The van der Waals surface area contributed by atoms with Gasteiger partial charge in [0.25, 0.3) is 5.56 Å². The monoisotopic (exact) mass is 291 g/mol. The van der Waals surface area contributed by atoms with Crippen molar-refractivity contribution >= 4 is 0 Å². The molecule has 0 spiro atoms. The van der Waals surface area contributed by atoms with Crippen molar-refractivity contribution in [1.82, 2.24) is 14.7 Å². The molecule has 1 aromatic rings. The first-order valence-corrected chi connectivity index (χ1v) is 7.78. The van der Waals surface area contributed by atoms with E-state index in [1.807, 2.05) is 6.07 Å². The van der Waals surface area contributed by atoms with Crippen LogP contribution in [0, 0.1) is 5.92 Å². The van der Waals surface area contributed by atoms with E-state index in [1.165, 1.54) is 12.8 Å². The molecule has 2 unspecified atom stereocenters. The fraction of sp³-hybridized carbons (Fsp3) is 0.733. The van der Waals surface area contributed by atoms with Crippen molar-refractivity contribution in [3.8, 4) is 0 Å². The summed E-state index contributed by atoms with van der Waals surface area (Å²) in [6, 6.07) is 3.64. The Morgan fingerprint density at radius 2 is 2.10 bits per heavy atom. The molecule has 2 aliphatic heterocycles. The molecule has 0 aromatic carbocycles. The Labute approximate surface area is 123 Å². The molecule has 114 valence electrons. The Morgan fingerprint density at radius 1 is 1.29 bits per heavy atom. The maximum absolute atomic E-state index is 11.9. The molecule has 3 fully saturated rings. The minimum absolute atomic E-state index is 0.0120. The van der Waals surface area contributed by atoms with Crippen molar-refractivity contribution in [2.45, 2.75) is 37.5 Å². The lowest BCUT2D eigenvalue weighted by Crippen LogP contribution is -2.57. The molecule has 6 nitrogen and oxygen atoms in total. The first-order valence-electron chi connectivity index (χ1n) is 7.78. The van der Waals surface area contributed by atoms with E-state index >= 15 is 0 Å². The van der Waals surface area contributed by atoms with Crippen molar-refractivity contribution in [3.63, 3.8) is 0 Å². The summed E-state index contributed by atoms with van der Waals surface area (Å²) < 4.78 is 6.91. The van der Waals surface area contributed by atoms with Gasteiger partial charge in [-0.25, -0.2) is 4.68 Å². The van der Waals surface area contributed by atoms with E-state index in [0.717, 1.165) is 18.8 Å². The number of rotatable bonds is 4. The van der Waals surface area contributed by atoms with E-state index < -0.39 is 0 Å². The quantitative estimate of drug-likeness (QED) is 0.833. The number of hydrogen-bond acceptors (Lipinski definition) is 5. The molecule has 2 atom stereocenters. The molecule has 3 aliphatic rings. The molecule has 2 saturated heterocycles. The summed E-state index contributed by atoms with van der Waals surface area (Å²) in [5.41, 5.74) is 1.05. The number of likely N-dealkylation sites (tertiary alicyclic amines) is 1. The molecule has 1 aromatic heterocycles. The SMILES string of the molecule is O=c1ccc(C2CC2)nn1CC1CN(C2COCC2O)C1. The molecular weight excluding hydrogens is 270 g/mol. The highest BCUT2D eigenvalue weighted by atomic mass is 16.5. The summed E-state index contributed by atoms with van der Waals surface area (Å²) >= 11 is 0. The topological polar surface area (TPSA) is 67.6 Å². The van der Waals surface area contributed by atoms with E-state index in [-0.39, 0.29) is 17.7 Å². The maximum Gasteiger partial charge on any atom is 0.266 e. The van der Waals surface area contributed by atoms with Gasteiger partial charge in [-0.2, -0.15) is 5.10 Å². The first-order chi connectivity index (χ1) is 10.2. The molecule has 1 N–H and O–H groups in total. The summed E-state index contributed by atoms with van der Waals surface area (Å²) in [5, 5.41) is 14.3. The second-order valence-electron chi connectivity index (χ2n) is 6.54. The van der Waals surface area contributed by atoms with Gasteiger partial charge in [-0.3, -0.25) is 9.69 Å². The van der Waals surface area contributed by atoms with E-state index in [9.17, 15) is 9.90 Å². The van der Waals surface area contributed by atoms with E-state index in [4.69, 9.17) is 4.74 Å². The van der Waals surface area contributed by atoms with Crippen LogP contribution >= 0.6 is 0 Å². The summed E-state index contributed by atoms with van der Waals surface area (Å²) in [4.78, 5) is 14.2. The van der Waals surface area contributed by atoms with Crippen LogP contribution in [0.4, 0.5) is 0 Å². The highest BCUT2D eigenvalue weighted by Crippen LogP contribution is 2.38. The Kier molecular flexibility index (Phi) is 3.32. The fourth-order valence-electron chi connectivity index (χ4n) is 3.31. The van der Waals surface area contributed by atoms with Gasteiger partial charge >= 0.3 is 0 Å². The van der Waals surface area contributed by atoms with E-state index in [2.05, 4.69) is 10.00 Å². The third-order valence-corrected chi connectivity index (χ3v) is 4.79. The lowest BCUT2D eigenvalue weighted by atomic mass is 9.96. The zero-order chi connectivity index (χ0) is 14.4. The van der Waals surface area contributed by atoms with Crippen LogP contribution in [0.2, 0.25) is 0 Å². The second kappa shape index (κ2) is 5.19. The predicted molar refractivity (Wildman–Crippen MR) is 76.1 cm³/mol. The highest BCUT2D eigenvalue weighted by Gasteiger charge is 2.39. The number of nitrogens with zero attached hydrogens (tertiary/aromatic N) is 3. The molecule has 1 saturated carbocycles. The largest absolute Gasteiger partial charge is 0.389 e. The number of hydrogen-bond donors (Lipinski definition) is 1. The Morgan fingerprint density at radius 3 is 2.76 bits per heavy atom. The number of aliphatic hydroxyl groups is 1. The minimum Gasteiger partial charge on any atom is -0.389 e. The van der Waals surface area contributed by atoms with E-state index in [0.29, 0.717) is 31.6 Å². The molecule has 6 heteroatoms. The van der Waals surface area contributed by atoms with Crippen LogP contribution in [0.1, 0.15) is 24.5 Å². The van der Waals surface area contributed by atoms with Crippen molar-refractivity contribution in [1.29, 1.82) is 0 Å². The van der Waals surface area contributed by atoms with Crippen molar-refractivity contribution in [2.24, 2.45) is 5.92 Å². The Hall–Kier alpha value is -1.24. The fourth-order valence-corrected chi connectivity index (χ4v) is 3.31. The molecule has 4 rings (SSSR count). The maximum atomic E-state index is 11.9. The smallest absolute Gasteiger partial charge is 0.266 e. The minimum atomic E-state index is -0.370. The molecule has 21 heavy (non-hydrogen) atoms. The van der Waals surface area contributed by atoms with Crippen LogP contribution < -0.4 is 5.56 Å². The summed E-state index contributed by atoms with van der Waals surface area (Å²) in [5.74, 6) is 1.01. The van der Waals surface area contributed by atoms with Crippen LogP contribution in [0.3, 0.4) is 0 Å². The van der Waals surface area contributed by atoms with Crippen LogP contribution in [-0.4, -0.2) is 58.2 Å². The van der Waals surface area contributed by atoms with Crippen molar-refractivity contribution in [3.05, 3.63) is 28.2 Å². The number of ether oxygens (including phenoxy) is 1. The summed E-state index contributed by atoms with van der Waals surface area (Å²) in [6.45, 7) is 3.55. The molecular formula is C15H21N3O3. The van der Waals surface area contributed by atoms with Gasteiger partial charge < -0.3 is 9.84 Å². The van der Waals surface area contributed by atoms with Crippen LogP contribution in [-0.2, 0) is 11.3 Å². The lowest BCUT2D eigenvalue weighted by molar-refractivity contribution is -0.00109. The molecule has 0 amide bonds. The molecule has 1 aliphatic carbocycles. The summed E-state index contributed by atoms with van der Waals surface area (Å²) in [7, 11) is 0. The van der Waals surface area contributed by atoms with Crippen LogP contribution in [0.5, 0.6) is 0 Å². The third kappa shape index (κ3) is 2.63. The molecule has 3 heterocycles. The van der Waals surface area contributed by atoms with Gasteiger partial charge in [-0.15, -0.1) is 0 Å².